The van der Waals surface area contributed by atoms with E-state index in [1.54, 1.807) is 23.3 Å². The van der Waals surface area contributed by atoms with E-state index in [9.17, 15) is 14.4 Å². The highest BCUT2D eigenvalue weighted by Crippen LogP contribution is 2.38. The van der Waals surface area contributed by atoms with Gasteiger partial charge < -0.3 is 14.4 Å². The van der Waals surface area contributed by atoms with Crippen molar-refractivity contribution in [3.05, 3.63) is 59.1 Å². The summed E-state index contributed by atoms with van der Waals surface area (Å²) in [5.41, 5.74) is 1.08. The van der Waals surface area contributed by atoms with Gasteiger partial charge in [0.05, 0.1) is 31.0 Å². The number of urea groups is 1. The molecule has 2 aromatic carbocycles. The summed E-state index contributed by atoms with van der Waals surface area (Å²) >= 11 is 1.68. The third kappa shape index (κ3) is 4.91. The smallest absolute Gasteiger partial charge is 0.328 e. The number of carbonyl (C=O) groups excluding carboxylic acids is 3. The third-order valence-electron chi connectivity index (χ3n) is 7.30. The van der Waals surface area contributed by atoms with Crippen molar-refractivity contribution in [1.29, 1.82) is 0 Å². The van der Waals surface area contributed by atoms with Crippen LogP contribution in [0.4, 0.5) is 4.79 Å². The summed E-state index contributed by atoms with van der Waals surface area (Å²) in [6, 6.07) is 15.3. The number of carbonyl (C=O) groups is 3. The van der Waals surface area contributed by atoms with Gasteiger partial charge in [-0.1, -0.05) is 24.3 Å². The molecule has 5 rings (SSSR count). The van der Waals surface area contributed by atoms with Gasteiger partial charge in [0.25, 0.3) is 5.91 Å². The Morgan fingerprint density at radius 1 is 1.05 bits per heavy atom. The second-order valence-corrected chi connectivity index (χ2v) is 10.5. The summed E-state index contributed by atoms with van der Waals surface area (Å²) in [5.74, 6) is -0.156. The summed E-state index contributed by atoms with van der Waals surface area (Å²) in [4.78, 5) is 48.8. The number of likely N-dealkylation sites (tertiary alicyclic amines) is 1. The lowest BCUT2D eigenvalue weighted by Gasteiger charge is -2.42. The maximum absolute atomic E-state index is 13.6. The zero-order chi connectivity index (χ0) is 26.0. The molecule has 2 aliphatic rings. The third-order valence-corrected chi connectivity index (χ3v) is 8.32. The van der Waals surface area contributed by atoms with Gasteiger partial charge in [0.1, 0.15) is 22.8 Å². The Morgan fingerprint density at radius 3 is 2.46 bits per heavy atom. The minimum absolute atomic E-state index is 0.308. The van der Waals surface area contributed by atoms with Crippen molar-refractivity contribution in [3.8, 4) is 5.75 Å². The highest BCUT2D eigenvalue weighted by molar-refractivity contribution is 7.18. The number of ether oxygens (including phenoxy) is 2. The fourth-order valence-electron chi connectivity index (χ4n) is 5.20. The van der Waals surface area contributed by atoms with E-state index in [0.717, 1.165) is 31.4 Å². The maximum atomic E-state index is 13.6. The first-order chi connectivity index (χ1) is 17.9. The summed E-state index contributed by atoms with van der Waals surface area (Å²) in [7, 11) is 2.87. The normalized spacial score (nSPS) is 17.7. The van der Waals surface area contributed by atoms with Crippen LogP contribution in [0.1, 0.15) is 23.4 Å². The van der Waals surface area contributed by atoms with Gasteiger partial charge in [-0.05, 0) is 49.1 Å². The number of aromatic nitrogens is 1. The van der Waals surface area contributed by atoms with Gasteiger partial charge in [-0.15, -0.1) is 11.3 Å². The van der Waals surface area contributed by atoms with Crippen molar-refractivity contribution in [2.75, 3.05) is 40.4 Å². The molecule has 0 unspecified atom stereocenters. The summed E-state index contributed by atoms with van der Waals surface area (Å²) < 4.78 is 11.1. The molecule has 37 heavy (non-hydrogen) atoms. The average molecular weight is 523 g/mol. The molecule has 2 fully saturated rings. The average Bonchev–Trinajstić information content (AvgIpc) is 3.41. The molecule has 194 valence electrons. The van der Waals surface area contributed by atoms with Crippen LogP contribution in [0.25, 0.3) is 10.2 Å². The molecule has 2 aliphatic heterocycles. The second kappa shape index (κ2) is 10.5. The Labute approximate surface area is 219 Å². The van der Waals surface area contributed by atoms with Crippen molar-refractivity contribution >= 4 is 39.5 Å². The van der Waals surface area contributed by atoms with Crippen LogP contribution in [-0.2, 0) is 27.3 Å². The standard InChI is InChI=1S/C27H30N4O5S/c1-35-20-9-7-19(8-10-20)11-14-31-26(34)30(18-24(32)36-2)25(33)27(31)12-15-29(16-13-27)17-23-28-21-5-3-4-6-22(21)37-23/h3-10H,11-18H2,1-2H3. The van der Waals surface area contributed by atoms with Crippen LogP contribution in [0.5, 0.6) is 5.75 Å². The van der Waals surface area contributed by atoms with Gasteiger partial charge in [0.15, 0.2) is 0 Å². The molecule has 9 nitrogen and oxygen atoms in total. The van der Waals surface area contributed by atoms with Crippen LogP contribution in [0.3, 0.4) is 0 Å². The van der Waals surface area contributed by atoms with E-state index >= 15 is 0 Å². The lowest BCUT2D eigenvalue weighted by atomic mass is 9.85. The minimum Gasteiger partial charge on any atom is -0.497 e. The number of methoxy groups -OCH3 is 2. The molecule has 0 saturated carbocycles. The van der Waals surface area contributed by atoms with Gasteiger partial charge in [-0.2, -0.15) is 0 Å². The Hall–Kier alpha value is -3.50. The largest absolute Gasteiger partial charge is 0.497 e. The predicted octanol–water partition coefficient (Wildman–Crippen LogP) is 3.32. The van der Waals surface area contributed by atoms with Crippen molar-refractivity contribution in [2.45, 2.75) is 31.3 Å². The number of piperidine rings is 1. The minimum atomic E-state index is -0.957. The summed E-state index contributed by atoms with van der Waals surface area (Å²) in [6.07, 6.45) is 1.59. The first-order valence-electron chi connectivity index (χ1n) is 12.3. The van der Waals surface area contributed by atoms with E-state index in [1.165, 1.54) is 7.11 Å². The van der Waals surface area contributed by atoms with Gasteiger partial charge >= 0.3 is 12.0 Å². The number of fused-ring (bicyclic) bond motifs is 1. The van der Waals surface area contributed by atoms with Crippen LogP contribution in [0.15, 0.2) is 48.5 Å². The molecule has 3 heterocycles. The van der Waals surface area contributed by atoms with Crippen molar-refractivity contribution in [3.63, 3.8) is 0 Å². The number of para-hydroxylation sites is 1. The number of esters is 1. The number of hydrogen-bond donors (Lipinski definition) is 0. The zero-order valence-electron chi connectivity index (χ0n) is 21.0. The fraction of sp³-hybridized carbons (Fsp3) is 0.407. The number of benzene rings is 2. The lowest BCUT2D eigenvalue weighted by Crippen LogP contribution is -2.56. The monoisotopic (exact) mass is 522 g/mol. The summed E-state index contributed by atoms with van der Waals surface area (Å²) in [5, 5.41) is 1.04. The van der Waals surface area contributed by atoms with Crippen molar-refractivity contribution < 1.29 is 23.9 Å². The number of hydrogen-bond acceptors (Lipinski definition) is 8. The number of rotatable bonds is 8. The van der Waals surface area contributed by atoms with Crippen molar-refractivity contribution in [2.24, 2.45) is 0 Å². The van der Waals surface area contributed by atoms with E-state index in [1.807, 2.05) is 42.5 Å². The molecule has 2 saturated heterocycles. The number of nitrogens with zero attached hydrogens (tertiary/aromatic N) is 4. The highest BCUT2D eigenvalue weighted by Gasteiger charge is 2.58. The first kappa shape index (κ1) is 25.2. The van der Waals surface area contributed by atoms with E-state index in [4.69, 9.17) is 14.5 Å². The molecule has 3 amide bonds. The van der Waals surface area contributed by atoms with Crippen LogP contribution >= 0.6 is 11.3 Å². The Bertz CT molecular complexity index is 1270. The Morgan fingerprint density at radius 2 is 1.78 bits per heavy atom. The van der Waals surface area contributed by atoms with Gasteiger partial charge in [0, 0.05) is 19.6 Å². The molecule has 0 radical (unpaired) electrons. The van der Waals surface area contributed by atoms with Gasteiger partial charge in [-0.3, -0.25) is 19.4 Å². The topological polar surface area (TPSA) is 92.3 Å². The SMILES string of the molecule is COC(=O)CN1C(=O)N(CCc2ccc(OC)cc2)C2(CCN(Cc3nc4ccccc4s3)CC2)C1=O. The number of thiazole rings is 1. The zero-order valence-corrected chi connectivity index (χ0v) is 21.8. The maximum Gasteiger partial charge on any atom is 0.328 e. The molecule has 10 heteroatoms. The van der Waals surface area contributed by atoms with Gasteiger partial charge in [0.2, 0.25) is 0 Å². The molecule has 3 aromatic rings. The van der Waals surface area contributed by atoms with Crippen LogP contribution < -0.4 is 4.74 Å². The van der Waals surface area contributed by atoms with Gasteiger partial charge in [-0.25, -0.2) is 9.78 Å². The second-order valence-electron chi connectivity index (χ2n) is 9.38. The Balaban J connectivity index is 1.32. The van der Waals surface area contributed by atoms with E-state index in [-0.39, 0.29) is 12.5 Å². The molecule has 1 aromatic heterocycles. The van der Waals surface area contributed by atoms with Crippen LogP contribution in [-0.4, -0.2) is 83.5 Å². The van der Waals surface area contributed by atoms with E-state index < -0.39 is 17.5 Å². The predicted molar refractivity (Wildman–Crippen MR) is 139 cm³/mol. The first-order valence-corrected chi connectivity index (χ1v) is 13.2. The summed E-state index contributed by atoms with van der Waals surface area (Å²) in [6.45, 7) is 2.02. The molecule has 0 aliphatic carbocycles. The van der Waals surface area contributed by atoms with Crippen molar-refractivity contribution in [1.82, 2.24) is 19.7 Å². The molecule has 1 spiro atoms. The molecule has 0 N–H and O–H groups in total. The molecular weight excluding hydrogens is 492 g/mol. The van der Waals surface area contributed by atoms with E-state index in [0.29, 0.717) is 45.4 Å². The number of imide groups is 1. The number of amides is 3. The quantitative estimate of drug-likeness (QED) is 0.331. The van der Waals surface area contributed by atoms with Crippen LogP contribution in [0.2, 0.25) is 0 Å². The fourth-order valence-corrected chi connectivity index (χ4v) is 6.21. The highest BCUT2D eigenvalue weighted by atomic mass is 32.1. The molecular formula is C27H30N4O5S. The molecule has 0 bridgehead atoms. The van der Waals surface area contributed by atoms with Crippen LogP contribution in [0, 0.1) is 0 Å². The lowest BCUT2D eigenvalue weighted by molar-refractivity contribution is -0.146. The molecule has 0 atom stereocenters. The Kier molecular flexibility index (Phi) is 7.12. The van der Waals surface area contributed by atoms with E-state index in [2.05, 4.69) is 11.0 Å².